The number of hydroxylamine groups is 1. The van der Waals surface area contributed by atoms with Crippen LogP contribution in [0, 0.1) is 0 Å². The van der Waals surface area contributed by atoms with Gasteiger partial charge < -0.3 is 10.2 Å². The summed E-state index contributed by atoms with van der Waals surface area (Å²) >= 11 is 0. The van der Waals surface area contributed by atoms with Crippen LogP contribution in [0.1, 0.15) is 24.0 Å². The van der Waals surface area contributed by atoms with E-state index in [4.69, 9.17) is 4.84 Å². The summed E-state index contributed by atoms with van der Waals surface area (Å²) in [6.07, 6.45) is 2.11. The summed E-state index contributed by atoms with van der Waals surface area (Å²) in [5, 5.41) is 2.88. The van der Waals surface area contributed by atoms with Crippen LogP contribution in [-0.4, -0.2) is 36.0 Å². The van der Waals surface area contributed by atoms with Crippen LogP contribution in [-0.2, 0) is 22.7 Å². The summed E-state index contributed by atoms with van der Waals surface area (Å²) in [7, 11) is 0. The van der Waals surface area contributed by atoms with Gasteiger partial charge in [0.05, 0.1) is 13.0 Å². The first-order valence-electron chi connectivity index (χ1n) is 9.24. The molecule has 1 unspecified atom stereocenters. The lowest BCUT2D eigenvalue weighted by Gasteiger charge is -2.33. The van der Waals surface area contributed by atoms with Crippen molar-refractivity contribution in [1.82, 2.24) is 15.7 Å². The molecule has 0 radical (unpaired) electrons. The Kier molecular flexibility index (Phi) is 6.82. The van der Waals surface area contributed by atoms with Crippen molar-refractivity contribution in [3.63, 3.8) is 0 Å². The van der Waals surface area contributed by atoms with Crippen LogP contribution in [0.3, 0.4) is 0 Å². The van der Waals surface area contributed by atoms with Gasteiger partial charge in [-0.1, -0.05) is 60.7 Å². The Hall–Kier alpha value is -2.86. The van der Waals surface area contributed by atoms with E-state index in [1.165, 1.54) is 0 Å². The fourth-order valence-corrected chi connectivity index (χ4v) is 3.18. The lowest BCUT2D eigenvalue weighted by molar-refractivity contribution is -0.131. The monoisotopic (exact) mass is 367 g/mol. The zero-order valence-electron chi connectivity index (χ0n) is 15.3. The van der Waals surface area contributed by atoms with Crippen molar-refractivity contribution in [2.45, 2.75) is 31.9 Å². The highest BCUT2D eigenvalue weighted by Crippen LogP contribution is 2.12. The number of carbonyl (C=O) groups is 2. The lowest BCUT2D eigenvalue weighted by Crippen LogP contribution is -2.52. The average molecular weight is 367 g/mol. The first-order valence-corrected chi connectivity index (χ1v) is 9.24. The molecule has 0 aromatic heterocycles. The number of hydrogen-bond donors (Lipinski definition) is 2. The highest BCUT2D eigenvalue weighted by molar-refractivity contribution is 5.79. The molecule has 1 heterocycles. The largest absolute Gasteiger partial charge is 0.340 e. The average Bonchev–Trinajstić information content (AvgIpc) is 2.70. The summed E-state index contributed by atoms with van der Waals surface area (Å²) < 4.78 is 0. The van der Waals surface area contributed by atoms with Gasteiger partial charge in [0.2, 0.25) is 5.91 Å². The zero-order chi connectivity index (χ0) is 18.9. The highest BCUT2D eigenvalue weighted by atomic mass is 16.7. The minimum Gasteiger partial charge on any atom is -0.340 e. The molecule has 2 N–H and O–H groups in total. The molecule has 2 aromatic carbocycles. The van der Waals surface area contributed by atoms with Gasteiger partial charge in [-0.2, -0.15) is 0 Å². The molecule has 0 spiro atoms. The van der Waals surface area contributed by atoms with E-state index >= 15 is 0 Å². The molecule has 2 aromatic rings. The van der Waals surface area contributed by atoms with E-state index < -0.39 is 0 Å². The molecule has 27 heavy (non-hydrogen) atoms. The molecule has 3 amide bonds. The quantitative estimate of drug-likeness (QED) is 0.771. The molecule has 0 bridgehead atoms. The topological polar surface area (TPSA) is 70.7 Å². The number of piperidine rings is 1. The molecular formula is C21H25N3O3. The molecular weight excluding hydrogens is 342 g/mol. The van der Waals surface area contributed by atoms with Gasteiger partial charge in [-0.3, -0.25) is 9.63 Å². The number of carbonyl (C=O) groups excluding carboxylic acids is 2. The SMILES string of the molecule is O=C(NOCc1ccccc1)NC1CCCN(C(=O)Cc2ccccc2)C1. The predicted molar refractivity (Wildman–Crippen MR) is 103 cm³/mol. The Morgan fingerprint density at radius 3 is 2.37 bits per heavy atom. The predicted octanol–water partition coefficient (Wildman–Crippen LogP) is 2.65. The van der Waals surface area contributed by atoms with Crippen molar-refractivity contribution >= 4 is 11.9 Å². The minimum absolute atomic E-state index is 0.0706. The zero-order valence-corrected chi connectivity index (χ0v) is 15.3. The third-order valence-corrected chi connectivity index (χ3v) is 4.55. The van der Waals surface area contributed by atoms with Gasteiger partial charge in [-0.25, -0.2) is 10.3 Å². The molecule has 1 saturated heterocycles. The summed E-state index contributed by atoms with van der Waals surface area (Å²) in [6, 6.07) is 18.9. The molecule has 142 valence electrons. The number of rotatable bonds is 6. The van der Waals surface area contributed by atoms with Crippen LogP contribution in [0.2, 0.25) is 0 Å². The Morgan fingerprint density at radius 1 is 1.00 bits per heavy atom. The van der Waals surface area contributed by atoms with E-state index in [1.54, 1.807) is 0 Å². The van der Waals surface area contributed by atoms with Crippen molar-refractivity contribution in [1.29, 1.82) is 0 Å². The van der Waals surface area contributed by atoms with E-state index in [0.717, 1.165) is 30.5 Å². The molecule has 6 nitrogen and oxygen atoms in total. The first-order chi connectivity index (χ1) is 13.2. The van der Waals surface area contributed by atoms with Crippen molar-refractivity contribution in [3.8, 4) is 0 Å². The molecule has 3 rings (SSSR count). The van der Waals surface area contributed by atoms with Crippen molar-refractivity contribution < 1.29 is 14.4 Å². The van der Waals surface area contributed by atoms with Gasteiger partial charge in [0.1, 0.15) is 0 Å². The lowest BCUT2D eigenvalue weighted by atomic mass is 10.0. The fraction of sp³-hybridized carbons (Fsp3) is 0.333. The third-order valence-electron chi connectivity index (χ3n) is 4.55. The van der Waals surface area contributed by atoms with Crippen molar-refractivity contribution in [3.05, 3.63) is 71.8 Å². The van der Waals surface area contributed by atoms with Crippen LogP contribution in [0.15, 0.2) is 60.7 Å². The number of nitrogens with zero attached hydrogens (tertiary/aromatic N) is 1. The normalized spacial score (nSPS) is 16.6. The van der Waals surface area contributed by atoms with Crippen LogP contribution < -0.4 is 10.8 Å². The number of benzene rings is 2. The molecule has 1 aliphatic heterocycles. The number of urea groups is 1. The van der Waals surface area contributed by atoms with Crippen LogP contribution >= 0.6 is 0 Å². The molecule has 1 atom stereocenters. The van der Waals surface area contributed by atoms with E-state index in [1.807, 2.05) is 65.6 Å². The standard InChI is InChI=1S/C21H25N3O3/c25-20(14-17-8-3-1-4-9-17)24-13-7-12-19(15-24)22-21(26)23-27-16-18-10-5-2-6-11-18/h1-6,8-11,19H,7,12-16H2,(H2,22,23,26). The number of likely N-dealkylation sites (tertiary alicyclic amines) is 1. The fourth-order valence-electron chi connectivity index (χ4n) is 3.18. The second kappa shape index (κ2) is 9.73. The Morgan fingerprint density at radius 2 is 1.67 bits per heavy atom. The van der Waals surface area contributed by atoms with Crippen LogP contribution in [0.25, 0.3) is 0 Å². The summed E-state index contributed by atoms with van der Waals surface area (Å²) in [6.45, 7) is 1.56. The maximum atomic E-state index is 12.5. The second-order valence-corrected chi connectivity index (χ2v) is 6.69. The smallest absolute Gasteiger partial charge is 0.338 e. The number of nitrogens with one attached hydrogen (secondary N) is 2. The van der Waals surface area contributed by atoms with Crippen LogP contribution in [0.4, 0.5) is 4.79 Å². The molecule has 0 saturated carbocycles. The summed E-state index contributed by atoms with van der Waals surface area (Å²) in [5.41, 5.74) is 4.39. The molecule has 0 aliphatic carbocycles. The molecule has 1 fully saturated rings. The van der Waals surface area contributed by atoms with Crippen LogP contribution in [0.5, 0.6) is 0 Å². The van der Waals surface area contributed by atoms with Crippen molar-refractivity contribution in [2.75, 3.05) is 13.1 Å². The first kappa shape index (κ1) is 18.9. The highest BCUT2D eigenvalue weighted by Gasteiger charge is 2.24. The maximum absolute atomic E-state index is 12.5. The molecule has 6 heteroatoms. The Bertz CT molecular complexity index is 737. The third kappa shape index (κ3) is 6.11. The van der Waals surface area contributed by atoms with Gasteiger partial charge in [0, 0.05) is 19.1 Å². The Balaban J connectivity index is 1.41. The number of hydrogen-bond acceptors (Lipinski definition) is 3. The van der Waals surface area contributed by atoms with E-state index in [0.29, 0.717) is 19.6 Å². The minimum atomic E-state index is -0.381. The van der Waals surface area contributed by atoms with E-state index in [9.17, 15) is 9.59 Å². The second-order valence-electron chi connectivity index (χ2n) is 6.69. The van der Waals surface area contributed by atoms with Gasteiger partial charge in [-0.15, -0.1) is 0 Å². The van der Waals surface area contributed by atoms with E-state index in [2.05, 4.69) is 10.8 Å². The van der Waals surface area contributed by atoms with Crippen molar-refractivity contribution in [2.24, 2.45) is 0 Å². The summed E-state index contributed by atoms with van der Waals surface area (Å²) in [4.78, 5) is 31.6. The molecule has 1 aliphatic rings. The maximum Gasteiger partial charge on any atom is 0.338 e. The number of amides is 3. The van der Waals surface area contributed by atoms with Gasteiger partial charge >= 0.3 is 6.03 Å². The Labute approximate surface area is 159 Å². The van der Waals surface area contributed by atoms with Gasteiger partial charge in [-0.05, 0) is 24.0 Å². The summed E-state index contributed by atoms with van der Waals surface area (Å²) in [5.74, 6) is 0.0911. The van der Waals surface area contributed by atoms with Gasteiger partial charge in [0.15, 0.2) is 0 Å². The van der Waals surface area contributed by atoms with E-state index in [-0.39, 0.29) is 18.0 Å². The van der Waals surface area contributed by atoms with Gasteiger partial charge in [0.25, 0.3) is 0 Å².